The van der Waals surface area contributed by atoms with E-state index < -0.39 is 0 Å². The van der Waals surface area contributed by atoms with E-state index in [0.717, 1.165) is 31.5 Å². The van der Waals surface area contributed by atoms with E-state index in [0.29, 0.717) is 12.5 Å². The van der Waals surface area contributed by atoms with Gasteiger partial charge >= 0.3 is 0 Å². The van der Waals surface area contributed by atoms with Crippen molar-refractivity contribution in [1.29, 1.82) is 0 Å². The maximum absolute atomic E-state index is 9.80. The summed E-state index contributed by atoms with van der Waals surface area (Å²) in [6.07, 6.45) is 3.73. The van der Waals surface area contributed by atoms with E-state index in [9.17, 15) is 5.11 Å². The molecule has 1 saturated heterocycles. The zero-order chi connectivity index (χ0) is 13.7. The Morgan fingerprint density at radius 1 is 1.32 bits per heavy atom. The van der Waals surface area contributed by atoms with Gasteiger partial charge in [0, 0.05) is 25.4 Å². The Balaban J connectivity index is 2.01. The molecule has 2 atom stereocenters. The van der Waals surface area contributed by atoms with Crippen LogP contribution in [0.5, 0.6) is 0 Å². The minimum atomic E-state index is -0.349. The van der Waals surface area contributed by atoms with Crippen molar-refractivity contribution in [2.75, 3.05) is 24.6 Å². The monoisotopic (exact) mass is 263 g/mol. The fourth-order valence-electron chi connectivity index (χ4n) is 2.86. The molecular formula is C16H25NO2. The molecule has 0 amide bonds. The van der Waals surface area contributed by atoms with Gasteiger partial charge in [-0.3, -0.25) is 0 Å². The van der Waals surface area contributed by atoms with Crippen LogP contribution in [0.4, 0.5) is 5.69 Å². The summed E-state index contributed by atoms with van der Waals surface area (Å²) in [6, 6.07) is 8.27. The molecule has 0 saturated carbocycles. The van der Waals surface area contributed by atoms with Crippen molar-refractivity contribution >= 4 is 5.69 Å². The highest BCUT2D eigenvalue weighted by Crippen LogP contribution is 2.26. The van der Waals surface area contributed by atoms with Gasteiger partial charge in [0.15, 0.2) is 0 Å². The molecule has 1 heterocycles. The zero-order valence-electron chi connectivity index (χ0n) is 11.8. The third kappa shape index (κ3) is 3.71. The van der Waals surface area contributed by atoms with Gasteiger partial charge in [-0.2, -0.15) is 0 Å². The summed E-state index contributed by atoms with van der Waals surface area (Å²) < 4.78 is 0. The molecule has 3 heteroatoms. The van der Waals surface area contributed by atoms with E-state index in [1.54, 1.807) is 0 Å². The lowest BCUT2D eigenvalue weighted by Crippen LogP contribution is -2.35. The van der Waals surface area contributed by atoms with Crippen LogP contribution in [0.1, 0.15) is 44.3 Å². The molecule has 0 bridgehead atoms. The molecule has 1 aromatic carbocycles. The van der Waals surface area contributed by atoms with Crippen LogP contribution >= 0.6 is 0 Å². The fraction of sp³-hybridized carbons (Fsp3) is 0.625. The highest BCUT2D eigenvalue weighted by atomic mass is 16.3. The lowest BCUT2D eigenvalue weighted by atomic mass is 9.94. The Morgan fingerprint density at radius 2 is 2.05 bits per heavy atom. The van der Waals surface area contributed by atoms with Crippen molar-refractivity contribution in [3.8, 4) is 0 Å². The lowest BCUT2D eigenvalue weighted by Gasteiger charge is -2.34. The number of aliphatic hydroxyl groups excluding tert-OH is 2. The highest BCUT2D eigenvalue weighted by molar-refractivity contribution is 5.48. The molecule has 1 aromatic rings. The molecule has 3 nitrogen and oxygen atoms in total. The smallest absolute Gasteiger partial charge is 0.0787 e. The van der Waals surface area contributed by atoms with Gasteiger partial charge in [-0.1, -0.05) is 19.1 Å². The minimum Gasteiger partial charge on any atom is -0.396 e. The molecule has 1 aliphatic heterocycles. The van der Waals surface area contributed by atoms with Gasteiger partial charge in [-0.15, -0.1) is 0 Å². The van der Waals surface area contributed by atoms with E-state index in [4.69, 9.17) is 5.11 Å². The summed E-state index contributed by atoms with van der Waals surface area (Å²) in [6.45, 7) is 4.41. The Hall–Kier alpha value is -1.06. The van der Waals surface area contributed by atoms with Crippen molar-refractivity contribution in [3.05, 3.63) is 29.8 Å². The number of hydrogen-bond acceptors (Lipinski definition) is 3. The summed E-state index contributed by atoms with van der Waals surface area (Å²) in [4.78, 5) is 2.39. The first-order chi connectivity index (χ1) is 9.24. The van der Waals surface area contributed by atoms with Crippen molar-refractivity contribution in [2.24, 2.45) is 5.92 Å². The van der Waals surface area contributed by atoms with Crippen molar-refractivity contribution < 1.29 is 10.2 Å². The van der Waals surface area contributed by atoms with Crippen LogP contribution in [-0.2, 0) is 0 Å². The number of anilines is 1. The number of aliphatic hydroxyl groups is 2. The van der Waals surface area contributed by atoms with Gasteiger partial charge in [-0.05, 0) is 49.3 Å². The molecule has 2 N–H and O–H groups in total. The largest absolute Gasteiger partial charge is 0.396 e. The number of nitrogens with zero attached hydrogens (tertiary/aromatic N) is 1. The van der Waals surface area contributed by atoms with E-state index in [2.05, 4.69) is 17.0 Å². The molecule has 1 aliphatic rings. The predicted octanol–water partition coefficient (Wildman–Crippen LogP) is 2.73. The Kier molecular flexibility index (Phi) is 5.23. The fourth-order valence-corrected chi connectivity index (χ4v) is 2.86. The van der Waals surface area contributed by atoms with E-state index in [1.165, 1.54) is 18.5 Å². The third-order valence-electron chi connectivity index (χ3n) is 4.09. The van der Waals surface area contributed by atoms with E-state index in [-0.39, 0.29) is 6.10 Å². The molecule has 1 fully saturated rings. The second kappa shape index (κ2) is 6.92. The van der Waals surface area contributed by atoms with Gasteiger partial charge in [0.25, 0.3) is 0 Å². The average molecular weight is 263 g/mol. The summed E-state index contributed by atoms with van der Waals surface area (Å²) in [7, 11) is 0. The zero-order valence-corrected chi connectivity index (χ0v) is 11.8. The second-order valence-electron chi connectivity index (χ2n) is 5.48. The molecule has 2 rings (SSSR count). The summed E-state index contributed by atoms with van der Waals surface area (Å²) in [5, 5.41) is 18.9. The lowest BCUT2D eigenvalue weighted by molar-refractivity contribution is 0.173. The number of hydrogen-bond donors (Lipinski definition) is 2. The summed E-state index contributed by atoms with van der Waals surface area (Å²) in [5.74, 6) is 0.611. The molecule has 0 aliphatic carbocycles. The first-order valence-electron chi connectivity index (χ1n) is 7.38. The Labute approximate surface area is 115 Å². The molecule has 0 spiro atoms. The van der Waals surface area contributed by atoms with Gasteiger partial charge in [0.05, 0.1) is 6.10 Å². The number of benzene rings is 1. The SMILES string of the molecule is CCC(O)c1ccc(N2CCCC(CCO)C2)cc1. The van der Waals surface area contributed by atoms with Crippen molar-refractivity contribution in [1.82, 2.24) is 0 Å². The van der Waals surface area contributed by atoms with Crippen LogP contribution in [0.25, 0.3) is 0 Å². The highest BCUT2D eigenvalue weighted by Gasteiger charge is 2.19. The van der Waals surface area contributed by atoms with Crippen molar-refractivity contribution in [2.45, 2.75) is 38.7 Å². The minimum absolute atomic E-state index is 0.292. The molecule has 106 valence electrons. The summed E-state index contributed by atoms with van der Waals surface area (Å²) in [5.41, 5.74) is 2.23. The first-order valence-corrected chi connectivity index (χ1v) is 7.38. The van der Waals surface area contributed by atoms with Gasteiger partial charge in [0.2, 0.25) is 0 Å². The van der Waals surface area contributed by atoms with Gasteiger partial charge < -0.3 is 15.1 Å². The third-order valence-corrected chi connectivity index (χ3v) is 4.09. The summed E-state index contributed by atoms with van der Waals surface area (Å²) >= 11 is 0. The number of piperidine rings is 1. The van der Waals surface area contributed by atoms with E-state index in [1.807, 2.05) is 19.1 Å². The van der Waals surface area contributed by atoms with Crippen LogP contribution in [0.3, 0.4) is 0 Å². The second-order valence-corrected chi connectivity index (χ2v) is 5.48. The van der Waals surface area contributed by atoms with Gasteiger partial charge in [0.1, 0.15) is 0 Å². The van der Waals surface area contributed by atoms with Crippen LogP contribution in [0.15, 0.2) is 24.3 Å². The normalized spacial score (nSPS) is 21.4. The van der Waals surface area contributed by atoms with Crippen LogP contribution in [0.2, 0.25) is 0 Å². The van der Waals surface area contributed by atoms with Crippen molar-refractivity contribution in [3.63, 3.8) is 0 Å². The molecule has 0 radical (unpaired) electrons. The number of rotatable bonds is 5. The molecular weight excluding hydrogens is 238 g/mol. The molecule has 19 heavy (non-hydrogen) atoms. The van der Waals surface area contributed by atoms with Crippen LogP contribution in [0, 0.1) is 5.92 Å². The standard InChI is InChI=1S/C16H25NO2/c1-2-16(19)14-5-7-15(8-6-14)17-10-3-4-13(12-17)9-11-18/h5-8,13,16,18-19H,2-4,9-12H2,1H3. The maximum atomic E-state index is 9.80. The maximum Gasteiger partial charge on any atom is 0.0787 e. The van der Waals surface area contributed by atoms with Crippen LogP contribution in [-0.4, -0.2) is 29.9 Å². The quantitative estimate of drug-likeness (QED) is 0.858. The van der Waals surface area contributed by atoms with Crippen LogP contribution < -0.4 is 4.90 Å². The Morgan fingerprint density at radius 3 is 2.68 bits per heavy atom. The molecule has 0 aromatic heterocycles. The Bertz CT molecular complexity index is 375. The molecule has 2 unspecified atom stereocenters. The van der Waals surface area contributed by atoms with E-state index >= 15 is 0 Å². The topological polar surface area (TPSA) is 43.7 Å². The average Bonchev–Trinajstić information content (AvgIpc) is 2.47. The first kappa shape index (κ1) is 14.4. The predicted molar refractivity (Wildman–Crippen MR) is 78.3 cm³/mol. The van der Waals surface area contributed by atoms with Gasteiger partial charge in [-0.25, -0.2) is 0 Å².